The van der Waals surface area contributed by atoms with Gasteiger partial charge in [-0.1, -0.05) is 12.2 Å². The molecule has 3 nitrogen and oxygen atoms in total. The van der Waals surface area contributed by atoms with Crippen molar-refractivity contribution in [3.63, 3.8) is 0 Å². The summed E-state index contributed by atoms with van der Waals surface area (Å²) in [6.45, 7) is 3.48. The van der Waals surface area contributed by atoms with Crippen LogP contribution in [0.3, 0.4) is 0 Å². The van der Waals surface area contributed by atoms with Crippen molar-refractivity contribution in [3.05, 3.63) is 12.2 Å². The zero-order chi connectivity index (χ0) is 12.0. The van der Waals surface area contributed by atoms with Crippen LogP contribution in [0.4, 0.5) is 0 Å². The molecule has 0 bridgehead atoms. The number of carbonyl (C=O) groups excluding carboxylic acids is 1. The lowest BCUT2D eigenvalue weighted by molar-refractivity contribution is -0.134. The first kappa shape index (κ1) is 13.2. The number of likely N-dealkylation sites (N-methyl/N-ethyl adjacent to an activating group) is 1. The van der Waals surface area contributed by atoms with Crippen molar-refractivity contribution in [2.75, 3.05) is 20.1 Å². The summed E-state index contributed by atoms with van der Waals surface area (Å²) >= 11 is 0. The molecule has 0 unspecified atom stereocenters. The van der Waals surface area contributed by atoms with Crippen LogP contribution >= 0.6 is 0 Å². The predicted octanol–water partition coefficient (Wildman–Crippen LogP) is 1.79. The van der Waals surface area contributed by atoms with Crippen molar-refractivity contribution in [1.29, 1.82) is 0 Å². The second kappa shape index (κ2) is 6.69. The van der Waals surface area contributed by atoms with Crippen LogP contribution < -0.4 is 5.73 Å². The fraction of sp³-hybridized carbons (Fsp3) is 0.769. The lowest BCUT2D eigenvalue weighted by Crippen LogP contribution is -2.35. The Morgan fingerprint density at radius 1 is 1.38 bits per heavy atom. The van der Waals surface area contributed by atoms with E-state index in [-0.39, 0.29) is 5.92 Å². The van der Waals surface area contributed by atoms with Crippen molar-refractivity contribution in [2.45, 2.75) is 32.6 Å². The van der Waals surface area contributed by atoms with Gasteiger partial charge in [0.15, 0.2) is 0 Å². The Morgan fingerprint density at radius 2 is 2.00 bits per heavy atom. The van der Waals surface area contributed by atoms with E-state index in [0.29, 0.717) is 11.8 Å². The highest BCUT2D eigenvalue weighted by molar-refractivity contribution is 5.78. The first-order chi connectivity index (χ1) is 7.69. The maximum atomic E-state index is 12.1. The molecule has 0 atom stereocenters. The average molecular weight is 224 g/mol. The number of hydrogen-bond donors (Lipinski definition) is 1. The van der Waals surface area contributed by atoms with Crippen LogP contribution in [-0.2, 0) is 4.79 Å². The first-order valence-electron chi connectivity index (χ1n) is 6.25. The molecule has 1 aliphatic rings. The predicted molar refractivity (Wildman–Crippen MR) is 67.0 cm³/mol. The van der Waals surface area contributed by atoms with E-state index in [1.54, 1.807) is 0 Å². The molecule has 1 saturated carbocycles. The van der Waals surface area contributed by atoms with E-state index in [2.05, 4.69) is 0 Å². The first-order valence-corrected chi connectivity index (χ1v) is 6.25. The SMILES string of the molecule is C/C=C/CN(C)C(=O)C1CCC(CN)CC1. The molecule has 0 aromatic rings. The van der Waals surface area contributed by atoms with Crippen molar-refractivity contribution in [1.82, 2.24) is 4.90 Å². The highest BCUT2D eigenvalue weighted by Crippen LogP contribution is 2.29. The van der Waals surface area contributed by atoms with Crippen LogP contribution in [0, 0.1) is 11.8 Å². The molecule has 1 amide bonds. The van der Waals surface area contributed by atoms with E-state index in [1.165, 1.54) is 0 Å². The fourth-order valence-electron chi connectivity index (χ4n) is 2.31. The average Bonchev–Trinajstić information content (AvgIpc) is 2.35. The van der Waals surface area contributed by atoms with Gasteiger partial charge in [0.05, 0.1) is 0 Å². The van der Waals surface area contributed by atoms with E-state index in [9.17, 15) is 4.79 Å². The van der Waals surface area contributed by atoms with Crippen molar-refractivity contribution in [2.24, 2.45) is 17.6 Å². The van der Waals surface area contributed by atoms with Gasteiger partial charge in [0.2, 0.25) is 5.91 Å². The van der Waals surface area contributed by atoms with E-state index >= 15 is 0 Å². The summed E-state index contributed by atoms with van der Waals surface area (Å²) in [7, 11) is 1.89. The molecule has 0 saturated heterocycles. The maximum absolute atomic E-state index is 12.1. The lowest BCUT2D eigenvalue weighted by Gasteiger charge is -2.29. The largest absolute Gasteiger partial charge is 0.342 e. The molecule has 0 aromatic heterocycles. The standard InChI is InChI=1S/C13H24N2O/c1-3-4-9-15(2)13(16)12-7-5-11(10-14)6-8-12/h3-4,11-12H,5-10,14H2,1-2H3/b4-3+. The van der Waals surface area contributed by atoms with Gasteiger partial charge in [-0.05, 0) is 45.1 Å². The molecule has 16 heavy (non-hydrogen) atoms. The summed E-state index contributed by atoms with van der Waals surface area (Å²) < 4.78 is 0. The molecule has 1 aliphatic carbocycles. The minimum atomic E-state index is 0.234. The number of allylic oxidation sites excluding steroid dienone is 1. The quantitative estimate of drug-likeness (QED) is 0.740. The molecule has 92 valence electrons. The van der Waals surface area contributed by atoms with Gasteiger partial charge >= 0.3 is 0 Å². The summed E-state index contributed by atoms with van der Waals surface area (Å²) in [4.78, 5) is 13.9. The zero-order valence-electron chi connectivity index (χ0n) is 10.5. The Balaban J connectivity index is 2.37. The second-order valence-electron chi connectivity index (χ2n) is 4.74. The molecule has 0 aromatic carbocycles. The highest BCUT2D eigenvalue weighted by Gasteiger charge is 2.27. The third-order valence-electron chi connectivity index (χ3n) is 3.52. The Bertz CT molecular complexity index is 242. The molecule has 0 spiro atoms. The minimum absolute atomic E-state index is 0.234. The van der Waals surface area contributed by atoms with Crippen LogP contribution in [0.5, 0.6) is 0 Å². The van der Waals surface area contributed by atoms with Gasteiger partial charge in [0.25, 0.3) is 0 Å². The van der Waals surface area contributed by atoms with E-state index in [1.807, 2.05) is 31.0 Å². The van der Waals surface area contributed by atoms with Gasteiger partial charge in [0, 0.05) is 19.5 Å². The molecular weight excluding hydrogens is 200 g/mol. The maximum Gasteiger partial charge on any atom is 0.225 e. The minimum Gasteiger partial charge on any atom is -0.342 e. The molecule has 0 radical (unpaired) electrons. The number of nitrogens with zero attached hydrogens (tertiary/aromatic N) is 1. The van der Waals surface area contributed by atoms with Gasteiger partial charge in [0.1, 0.15) is 0 Å². The van der Waals surface area contributed by atoms with Gasteiger partial charge in [-0.15, -0.1) is 0 Å². The van der Waals surface area contributed by atoms with E-state index in [4.69, 9.17) is 5.73 Å². The number of carbonyl (C=O) groups is 1. The van der Waals surface area contributed by atoms with Crippen LogP contribution in [0.15, 0.2) is 12.2 Å². The third-order valence-corrected chi connectivity index (χ3v) is 3.52. The van der Waals surface area contributed by atoms with Gasteiger partial charge in [-0.25, -0.2) is 0 Å². The summed E-state index contributed by atoms with van der Waals surface area (Å²) in [5.41, 5.74) is 5.65. The Kier molecular flexibility index (Phi) is 5.53. The molecule has 1 rings (SSSR count). The summed E-state index contributed by atoms with van der Waals surface area (Å²) in [5.74, 6) is 1.18. The number of hydrogen-bond acceptors (Lipinski definition) is 2. The van der Waals surface area contributed by atoms with Crippen LogP contribution in [0.1, 0.15) is 32.6 Å². The number of amides is 1. The highest BCUT2D eigenvalue weighted by atomic mass is 16.2. The van der Waals surface area contributed by atoms with Crippen LogP contribution in [0.2, 0.25) is 0 Å². The number of nitrogens with two attached hydrogens (primary N) is 1. The third kappa shape index (κ3) is 3.63. The summed E-state index contributed by atoms with van der Waals surface area (Å²) in [5, 5.41) is 0. The summed E-state index contributed by atoms with van der Waals surface area (Å²) in [6, 6.07) is 0. The Labute approximate surface area is 98.7 Å². The molecular formula is C13H24N2O. The molecule has 1 fully saturated rings. The lowest BCUT2D eigenvalue weighted by atomic mass is 9.81. The fourth-order valence-corrected chi connectivity index (χ4v) is 2.31. The van der Waals surface area contributed by atoms with Gasteiger partial charge < -0.3 is 10.6 Å². The van der Waals surface area contributed by atoms with Crippen molar-refractivity contribution < 1.29 is 4.79 Å². The van der Waals surface area contributed by atoms with Crippen LogP contribution in [-0.4, -0.2) is 30.9 Å². The monoisotopic (exact) mass is 224 g/mol. The van der Waals surface area contributed by atoms with Crippen molar-refractivity contribution in [3.8, 4) is 0 Å². The molecule has 2 N–H and O–H groups in total. The second-order valence-corrected chi connectivity index (χ2v) is 4.74. The summed E-state index contributed by atoms with van der Waals surface area (Å²) in [6.07, 6.45) is 8.26. The van der Waals surface area contributed by atoms with E-state index < -0.39 is 0 Å². The zero-order valence-corrected chi connectivity index (χ0v) is 10.5. The van der Waals surface area contributed by atoms with Crippen molar-refractivity contribution >= 4 is 5.91 Å². The molecule has 0 heterocycles. The normalized spacial score (nSPS) is 25.9. The number of rotatable bonds is 4. The molecule has 0 aliphatic heterocycles. The van der Waals surface area contributed by atoms with Gasteiger partial charge in [-0.3, -0.25) is 4.79 Å². The Morgan fingerprint density at radius 3 is 2.50 bits per heavy atom. The Hall–Kier alpha value is -0.830. The molecule has 3 heteroatoms. The van der Waals surface area contributed by atoms with Gasteiger partial charge in [-0.2, -0.15) is 0 Å². The smallest absolute Gasteiger partial charge is 0.225 e. The van der Waals surface area contributed by atoms with Crippen LogP contribution in [0.25, 0.3) is 0 Å². The topological polar surface area (TPSA) is 46.3 Å². The van der Waals surface area contributed by atoms with E-state index in [0.717, 1.165) is 38.8 Å².